The van der Waals surface area contributed by atoms with Crippen LogP contribution in [0.3, 0.4) is 0 Å². The Morgan fingerprint density at radius 1 is 1.50 bits per heavy atom. The minimum Gasteiger partial charge on any atom is -0.481 e. The second-order valence-corrected chi connectivity index (χ2v) is 4.57. The molecule has 1 aromatic carbocycles. The molecule has 1 atom stereocenters. The van der Waals surface area contributed by atoms with Crippen LogP contribution >= 0.6 is 24.0 Å². The molecule has 0 radical (unpaired) electrons. The van der Waals surface area contributed by atoms with Gasteiger partial charge in [-0.15, -0.1) is 12.4 Å². The van der Waals surface area contributed by atoms with E-state index in [9.17, 15) is 4.79 Å². The topological polar surface area (TPSA) is 63.3 Å². The number of nitrogens with two attached hydrogens (primary N) is 1. The monoisotopic (exact) mass is 261 g/mol. The molecule has 0 spiro atoms. The number of hydrogen-bond acceptors (Lipinski definition) is 2. The fraction of sp³-hybridized carbons (Fsp3) is 0.364. The Bertz CT molecular complexity index is 422. The van der Waals surface area contributed by atoms with Crippen LogP contribution in [-0.4, -0.2) is 16.6 Å². The molecule has 0 aromatic heterocycles. The summed E-state index contributed by atoms with van der Waals surface area (Å²) in [5.41, 5.74) is 7.45. The molecule has 1 aromatic rings. The lowest BCUT2D eigenvalue weighted by Gasteiger charge is -2.20. The zero-order chi connectivity index (χ0) is 11.1. The fourth-order valence-electron chi connectivity index (χ4n) is 2.19. The Hall–Kier alpha value is -0.770. The molecule has 0 heterocycles. The minimum absolute atomic E-state index is 0. The van der Waals surface area contributed by atoms with Crippen molar-refractivity contribution < 1.29 is 9.90 Å². The standard InChI is InChI=1S/C11H12ClNO2.ClH/c12-9-3-1-2-7-4-11(13,5-8(7)9)6-10(14)15;/h1-3H,4-6,13H2,(H,14,15);1H. The molecule has 0 saturated heterocycles. The van der Waals surface area contributed by atoms with Gasteiger partial charge in [0.1, 0.15) is 0 Å². The van der Waals surface area contributed by atoms with Gasteiger partial charge in [0.2, 0.25) is 0 Å². The molecule has 3 N–H and O–H groups in total. The first-order valence-corrected chi connectivity index (χ1v) is 5.15. The van der Waals surface area contributed by atoms with Gasteiger partial charge >= 0.3 is 5.97 Å². The van der Waals surface area contributed by atoms with Crippen molar-refractivity contribution >= 4 is 30.0 Å². The van der Waals surface area contributed by atoms with Crippen molar-refractivity contribution in [3.05, 3.63) is 34.3 Å². The average Bonchev–Trinajstić information content (AvgIpc) is 2.41. The summed E-state index contributed by atoms with van der Waals surface area (Å²) in [7, 11) is 0. The number of carboxylic acid groups (broad SMARTS) is 1. The van der Waals surface area contributed by atoms with Gasteiger partial charge in [-0.2, -0.15) is 0 Å². The molecule has 0 bridgehead atoms. The number of aliphatic carboxylic acids is 1. The van der Waals surface area contributed by atoms with E-state index in [1.807, 2.05) is 18.2 Å². The Morgan fingerprint density at radius 3 is 2.75 bits per heavy atom. The Kier molecular flexibility index (Phi) is 3.84. The number of fused-ring (bicyclic) bond motifs is 1. The summed E-state index contributed by atoms with van der Waals surface area (Å²) < 4.78 is 0. The first-order valence-electron chi connectivity index (χ1n) is 4.77. The quantitative estimate of drug-likeness (QED) is 0.857. The van der Waals surface area contributed by atoms with Gasteiger partial charge in [-0.3, -0.25) is 4.79 Å². The van der Waals surface area contributed by atoms with Crippen molar-refractivity contribution in [1.29, 1.82) is 0 Å². The van der Waals surface area contributed by atoms with Crippen molar-refractivity contribution in [3.63, 3.8) is 0 Å². The summed E-state index contributed by atoms with van der Waals surface area (Å²) in [6.45, 7) is 0. The fourth-order valence-corrected chi connectivity index (χ4v) is 2.45. The average molecular weight is 262 g/mol. The van der Waals surface area contributed by atoms with Crippen LogP contribution in [0.4, 0.5) is 0 Å². The molecule has 2 rings (SSSR count). The van der Waals surface area contributed by atoms with E-state index in [2.05, 4.69) is 0 Å². The maximum Gasteiger partial charge on any atom is 0.305 e. The first-order chi connectivity index (χ1) is 7.00. The van der Waals surface area contributed by atoms with Crippen LogP contribution in [-0.2, 0) is 17.6 Å². The van der Waals surface area contributed by atoms with Gasteiger partial charge in [0, 0.05) is 10.6 Å². The molecule has 0 saturated carbocycles. The van der Waals surface area contributed by atoms with Crippen LogP contribution < -0.4 is 5.73 Å². The van der Waals surface area contributed by atoms with Crippen molar-refractivity contribution in [2.75, 3.05) is 0 Å². The zero-order valence-electron chi connectivity index (χ0n) is 8.57. The van der Waals surface area contributed by atoms with E-state index < -0.39 is 11.5 Å². The highest BCUT2D eigenvalue weighted by atomic mass is 35.5. The van der Waals surface area contributed by atoms with Gasteiger partial charge in [0.05, 0.1) is 6.42 Å². The molecular weight excluding hydrogens is 249 g/mol. The number of halogens is 2. The highest BCUT2D eigenvalue weighted by Crippen LogP contribution is 2.34. The molecule has 88 valence electrons. The molecule has 1 unspecified atom stereocenters. The summed E-state index contributed by atoms with van der Waals surface area (Å²) in [5, 5.41) is 9.46. The van der Waals surface area contributed by atoms with E-state index in [-0.39, 0.29) is 18.8 Å². The van der Waals surface area contributed by atoms with Crippen molar-refractivity contribution in [1.82, 2.24) is 0 Å². The SMILES string of the molecule is Cl.NC1(CC(=O)O)Cc2cccc(Cl)c2C1. The molecule has 16 heavy (non-hydrogen) atoms. The minimum atomic E-state index is -0.860. The molecule has 0 fully saturated rings. The highest BCUT2D eigenvalue weighted by molar-refractivity contribution is 6.31. The lowest BCUT2D eigenvalue weighted by Crippen LogP contribution is -2.42. The van der Waals surface area contributed by atoms with Gasteiger partial charge in [-0.25, -0.2) is 0 Å². The third-order valence-corrected chi connectivity index (χ3v) is 3.14. The molecule has 0 amide bonds. The van der Waals surface area contributed by atoms with Crippen LogP contribution in [0.2, 0.25) is 5.02 Å². The summed E-state index contributed by atoms with van der Waals surface area (Å²) >= 11 is 6.03. The third-order valence-electron chi connectivity index (χ3n) is 2.79. The summed E-state index contributed by atoms with van der Waals surface area (Å²) in [6.07, 6.45) is 1.13. The lowest BCUT2D eigenvalue weighted by molar-refractivity contribution is -0.138. The Labute approximate surface area is 105 Å². The molecular formula is C11H13Cl2NO2. The largest absolute Gasteiger partial charge is 0.481 e. The lowest BCUT2D eigenvalue weighted by atomic mass is 9.93. The van der Waals surface area contributed by atoms with Gasteiger partial charge in [0.15, 0.2) is 0 Å². The maximum absolute atomic E-state index is 10.7. The molecule has 1 aliphatic carbocycles. The van der Waals surface area contributed by atoms with E-state index in [1.54, 1.807) is 0 Å². The summed E-state index contributed by atoms with van der Waals surface area (Å²) in [4.78, 5) is 10.7. The van der Waals surface area contributed by atoms with E-state index >= 15 is 0 Å². The maximum atomic E-state index is 10.7. The second-order valence-electron chi connectivity index (χ2n) is 4.16. The van der Waals surface area contributed by atoms with E-state index in [0.717, 1.165) is 11.1 Å². The number of rotatable bonds is 2. The molecule has 0 aliphatic heterocycles. The molecule has 1 aliphatic rings. The van der Waals surface area contributed by atoms with Gasteiger partial charge in [-0.1, -0.05) is 23.7 Å². The predicted molar refractivity (Wildman–Crippen MR) is 65.3 cm³/mol. The second kappa shape index (κ2) is 4.62. The van der Waals surface area contributed by atoms with E-state index in [1.165, 1.54) is 0 Å². The number of hydrogen-bond donors (Lipinski definition) is 2. The van der Waals surface area contributed by atoms with Crippen LogP contribution in [0, 0.1) is 0 Å². The number of carbonyl (C=O) groups is 1. The van der Waals surface area contributed by atoms with Crippen LogP contribution in [0.25, 0.3) is 0 Å². The van der Waals surface area contributed by atoms with Gasteiger partial charge in [0.25, 0.3) is 0 Å². The van der Waals surface area contributed by atoms with Gasteiger partial charge < -0.3 is 10.8 Å². The summed E-state index contributed by atoms with van der Waals surface area (Å²) in [5.74, 6) is -0.860. The van der Waals surface area contributed by atoms with Crippen molar-refractivity contribution in [2.45, 2.75) is 24.8 Å². The molecule has 3 nitrogen and oxygen atoms in total. The summed E-state index contributed by atoms with van der Waals surface area (Å²) in [6, 6.07) is 5.64. The smallest absolute Gasteiger partial charge is 0.305 e. The van der Waals surface area contributed by atoms with Crippen molar-refractivity contribution in [3.8, 4) is 0 Å². The Balaban J connectivity index is 0.00000128. The first kappa shape index (κ1) is 13.3. The van der Waals surface area contributed by atoms with Crippen molar-refractivity contribution in [2.24, 2.45) is 5.73 Å². The number of benzene rings is 1. The Morgan fingerprint density at radius 2 is 2.19 bits per heavy atom. The van der Waals surface area contributed by atoms with Gasteiger partial charge in [-0.05, 0) is 30.0 Å². The van der Waals surface area contributed by atoms with E-state index in [0.29, 0.717) is 17.9 Å². The normalized spacial score (nSPS) is 22.4. The third kappa shape index (κ3) is 2.48. The van der Waals surface area contributed by atoms with Crippen LogP contribution in [0.15, 0.2) is 18.2 Å². The predicted octanol–water partition coefficient (Wildman–Crippen LogP) is 2.03. The number of carboxylic acids is 1. The van der Waals surface area contributed by atoms with Crippen LogP contribution in [0.5, 0.6) is 0 Å². The highest BCUT2D eigenvalue weighted by Gasteiger charge is 2.36. The van der Waals surface area contributed by atoms with E-state index in [4.69, 9.17) is 22.4 Å². The molecule has 5 heteroatoms. The zero-order valence-corrected chi connectivity index (χ0v) is 10.1. The van der Waals surface area contributed by atoms with Crippen LogP contribution in [0.1, 0.15) is 17.5 Å².